The number of anilines is 1. The molecule has 0 spiro atoms. The summed E-state index contributed by atoms with van der Waals surface area (Å²) in [5, 5.41) is 5.31. The summed E-state index contributed by atoms with van der Waals surface area (Å²) < 4.78 is 13.9. The Hall–Kier alpha value is -3.47. The highest BCUT2D eigenvalue weighted by molar-refractivity contribution is 6.01. The van der Waals surface area contributed by atoms with Crippen LogP contribution in [0.1, 0.15) is 15.9 Å². The second-order valence-corrected chi connectivity index (χ2v) is 6.05. The minimum Gasteiger partial charge on any atom is -0.340 e. The molecule has 1 unspecified atom stereocenters. The Morgan fingerprint density at radius 2 is 1.41 bits per heavy atom. The van der Waals surface area contributed by atoms with Gasteiger partial charge in [-0.15, -0.1) is 0 Å². The minimum absolute atomic E-state index is 0.0783. The second-order valence-electron chi connectivity index (χ2n) is 6.05. The number of carbonyl (C=O) groups excluding carboxylic acids is 2. The summed E-state index contributed by atoms with van der Waals surface area (Å²) in [6, 6.07) is 23.1. The summed E-state index contributed by atoms with van der Waals surface area (Å²) >= 11 is 0. The second kappa shape index (κ2) is 8.76. The van der Waals surface area contributed by atoms with Crippen molar-refractivity contribution in [1.82, 2.24) is 5.32 Å². The summed E-state index contributed by atoms with van der Waals surface area (Å²) in [6.07, 6.45) is 0.291. The third-order valence-electron chi connectivity index (χ3n) is 4.07. The molecule has 1 atom stereocenters. The number of para-hydroxylation sites is 1. The van der Waals surface area contributed by atoms with Crippen LogP contribution in [0.5, 0.6) is 0 Å². The van der Waals surface area contributed by atoms with Crippen molar-refractivity contribution in [2.24, 2.45) is 0 Å². The van der Waals surface area contributed by atoms with Crippen molar-refractivity contribution in [3.05, 3.63) is 102 Å². The molecule has 0 heterocycles. The third-order valence-corrected chi connectivity index (χ3v) is 4.07. The molecule has 0 fully saturated rings. The first kappa shape index (κ1) is 18.3. The van der Waals surface area contributed by atoms with Crippen LogP contribution in [-0.4, -0.2) is 17.9 Å². The lowest BCUT2D eigenvalue weighted by Gasteiger charge is -2.19. The van der Waals surface area contributed by atoms with Gasteiger partial charge in [0.05, 0.1) is 5.69 Å². The Labute approximate surface area is 157 Å². The first-order chi connectivity index (χ1) is 13.1. The van der Waals surface area contributed by atoms with Crippen molar-refractivity contribution in [3.8, 4) is 0 Å². The number of benzene rings is 3. The van der Waals surface area contributed by atoms with E-state index in [2.05, 4.69) is 10.6 Å². The maximum Gasteiger partial charge on any atom is 0.251 e. The molecule has 0 aliphatic heterocycles. The first-order valence-electron chi connectivity index (χ1n) is 8.59. The summed E-state index contributed by atoms with van der Waals surface area (Å²) in [6.45, 7) is 0. The normalized spacial score (nSPS) is 11.4. The average Bonchev–Trinajstić information content (AvgIpc) is 2.70. The summed E-state index contributed by atoms with van der Waals surface area (Å²) in [4.78, 5) is 25.2. The minimum atomic E-state index is -0.847. The van der Waals surface area contributed by atoms with E-state index in [4.69, 9.17) is 0 Å². The van der Waals surface area contributed by atoms with Crippen LogP contribution in [-0.2, 0) is 11.2 Å². The molecule has 3 aromatic rings. The van der Waals surface area contributed by atoms with Gasteiger partial charge in [0.15, 0.2) is 0 Å². The van der Waals surface area contributed by atoms with Gasteiger partial charge in [-0.05, 0) is 29.8 Å². The van der Waals surface area contributed by atoms with Gasteiger partial charge < -0.3 is 10.6 Å². The molecule has 0 radical (unpaired) electrons. The molecule has 0 aliphatic carbocycles. The Balaban J connectivity index is 1.79. The van der Waals surface area contributed by atoms with Crippen molar-refractivity contribution in [2.75, 3.05) is 5.32 Å². The first-order valence-corrected chi connectivity index (χ1v) is 8.59. The van der Waals surface area contributed by atoms with Crippen molar-refractivity contribution in [3.63, 3.8) is 0 Å². The van der Waals surface area contributed by atoms with Gasteiger partial charge in [0, 0.05) is 12.0 Å². The predicted octanol–water partition coefficient (Wildman–Crippen LogP) is 3.81. The number of hydrogen-bond donors (Lipinski definition) is 2. The Kier molecular flexibility index (Phi) is 5.94. The van der Waals surface area contributed by atoms with Gasteiger partial charge >= 0.3 is 0 Å². The number of nitrogens with one attached hydrogen (secondary N) is 2. The van der Waals surface area contributed by atoms with E-state index in [1.807, 2.05) is 36.4 Å². The van der Waals surface area contributed by atoms with E-state index in [9.17, 15) is 14.0 Å². The van der Waals surface area contributed by atoms with Gasteiger partial charge in [-0.3, -0.25) is 9.59 Å². The van der Waals surface area contributed by atoms with Crippen molar-refractivity contribution >= 4 is 17.5 Å². The van der Waals surface area contributed by atoms with Crippen LogP contribution in [0.25, 0.3) is 0 Å². The summed E-state index contributed by atoms with van der Waals surface area (Å²) in [7, 11) is 0. The van der Waals surface area contributed by atoms with E-state index in [1.165, 1.54) is 12.1 Å². The quantitative estimate of drug-likeness (QED) is 0.701. The molecule has 0 saturated carbocycles. The van der Waals surface area contributed by atoms with Crippen LogP contribution >= 0.6 is 0 Å². The molecular weight excluding hydrogens is 343 g/mol. The van der Waals surface area contributed by atoms with Crippen LogP contribution in [0.3, 0.4) is 0 Å². The molecular formula is C22H19FN2O2. The third kappa shape index (κ3) is 5.01. The molecule has 3 rings (SSSR count). The molecule has 5 heteroatoms. The fraction of sp³-hybridized carbons (Fsp3) is 0.0909. The van der Waals surface area contributed by atoms with E-state index in [-0.39, 0.29) is 11.6 Å². The molecule has 136 valence electrons. The van der Waals surface area contributed by atoms with Crippen LogP contribution < -0.4 is 10.6 Å². The fourth-order valence-corrected chi connectivity index (χ4v) is 2.67. The van der Waals surface area contributed by atoms with E-state index in [0.29, 0.717) is 12.0 Å². The lowest BCUT2D eigenvalue weighted by Crippen LogP contribution is -2.45. The Morgan fingerprint density at radius 1 is 0.815 bits per heavy atom. The van der Waals surface area contributed by atoms with Gasteiger partial charge in [-0.2, -0.15) is 0 Å². The predicted molar refractivity (Wildman–Crippen MR) is 103 cm³/mol. The Bertz CT molecular complexity index is 914. The van der Waals surface area contributed by atoms with Crippen LogP contribution in [0, 0.1) is 5.82 Å². The highest BCUT2D eigenvalue weighted by Crippen LogP contribution is 2.14. The van der Waals surface area contributed by atoms with E-state index in [0.717, 1.165) is 5.56 Å². The molecule has 2 N–H and O–H groups in total. The average molecular weight is 362 g/mol. The zero-order chi connectivity index (χ0) is 19.1. The highest BCUT2D eigenvalue weighted by Gasteiger charge is 2.22. The van der Waals surface area contributed by atoms with Crippen LogP contribution in [0.4, 0.5) is 10.1 Å². The molecule has 27 heavy (non-hydrogen) atoms. The zero-order valence-electron chi connectivity index (χ0n) is 14.6. The van der Waals surface area contributed by atoms with Gasteiger partial charge in [-0.25, -0.2) is 4.39 Å². The summed E-state index contributed by atoms with van der Waals surface area (Å²) in [5.74, 6) is -1.37. The van der Waals surface area contributed by atoms with Gasteiger partial charge in [0.2, 0.25) is 5.91 Å². The van der Waals surface area contributed by atoms with Crippen molar-refractivity contribution in [1.29, 1.82) is 0 Å². The van der Waals surface area contributed by atoms with Crippen molar-refractivity contribution in [2.45, 2.75) is 12.5 Å². The number of hydrogen-bond acceptors (Lipinski definition) is 2. The highest BCUT2D eigenvalue weighted by atomic mass is 19.1. The molecule has 2 amide bonds. The van der Waals surface area contributed by atoms with Crippen LogP contribution in [0.15, 0.2) is 84.9 Å². The van der Waals surface area contributed by atoms with Gasteiger partial charge in [0.1, 0.15) is 11.9 Å². The maximum atomic E-state index is 13.9. The molecule has 0 aromatic heterocycles. The topological polar surface area (TPSA) is 58.2 Å². The maximum absolute atomic E-state index is 13.9. The molecule has 0 aliphatic rings. The largest absolute Gasteiger partial charge is 0.340 e. The Morgan fingerprint density at radius 3 is 2.07 bits per heavy atom. The number of rotatable bonds is 6. The number of halogens is 1. The summed E-state index contributed by atoms with van der Waals surface area (Å²) in [5.41, 5.74) is 1.42. The molecule has 0 saturated heterocycles. The molecule has 0 bridgehead atoms. The zero-order valence-corrected chi connectivity index (χ0v) is 14.6. The van der Waals surface area contributed by atoms with E-state index in [1.54, 1.807) is 36.4 Å². The van der Waals surface area contributed by atoms with Gasteiger partial charge in [-0.1, -0.05) is 60.7 Å². The number of carbonyl (C=O) groups is 2. The van der Waals surface area contributed by atoms with Crippen molar-refractivity contribution < 1.29 is 14.0 Å². The lowest BCUT2D eigenvalue weighted by molar-refractivity contribution is -0.118. The molecule has 4 nitrogen and oxygen atoms in total. The number of amides is 2. The molecule has 3 aromatic carbocycles. The van der Waals surface area contributed by atoms with Gasteiger partial charge in [0.25, 0.3) is 5.91 Å². The van der Waals surface area contributed by atoms with E-state index < -0.39 is 17.8 Å². The van der Waals surface area contributed by atoms with E-state index >= 15 is 0 Å². The lowest BCUT2D eigenvalue weighted by atomic mass is 10.0. The van der Waals surface area contributed by atoms with Crippen LogP contribution in [0.2, 0.25) is 0 Å². The fourth-order valence-electron chi connectivity index (χ4n) is 2.67. The smallest absolute Gasteiger partial charge is 0.251 e. The standard InChI is InChI=1S/C22H19FN2O2/c23-18-13-7-8-14-19(18)24-22(27)20(15-16-9-3-1-4-10-16)25-21(26)17-11-5-2-6-12-17/h1-14,20H,15H2,(H,24,27)(H,25,26). The monoisotopic (exact) mass is 362 g/mol. The SMILES string of the molecule is O=C(NC(Cc1ccccc1)C(=O)Nc1ccccc1F)c1ccccc1.